The number of nitrogens with zero attached hydrogens (tertiary/aromatic N) is 3. The average Bonchev–Trinajstić information content (AvgIpc) is 2.66. The van der Waals surface area contributed by atoms with Gasteiger partial charge < -0.3 is 15.8 Å². The first-order valence-electron chi connectivity index (χ1n) is 8.98. The Hall–Kier alpha value is -2.40. The Labute approximate surface area is 181 Å². The lowest BCUT2D eigenvalue weighted by atomic mass is 9.94. The highest BCUT2D eigenvalue weighted by molar-refractivity contribution is 8.26. The molecule has 11 heteroatoms. The number of ether oxygens (including phenoxy) is 1. The maximum atomic E-state index is 12.5. The van der Waals surface area contributed by atoms with Gasteiger partial charge in [0.15, 0.2) is 0 Å². The minimum atomic E-state index is -3.12. The number of amidine groups is 1. The fourth-order valence-electron chi connectivity index (χ4n) is 3.08. The minimum Gasteiger partial charge on any atom is -0.481 e. The second kappa shape index (κ2) is 7.69. The number of aliphatic imine (C=N–C) groups is 1. The summed E-state index contributed by atoms with van der Waals surface area (Å²) in [6.45, 7) is 5.01. The average molecular weight is 454 g/mol. The number of pyridine rings is 2. The summed E-state index contributed by atoms with van der Waals surface area (Å²) in [5.74, 6) is -0.154. The number of nitrogens with two attached hydrogens (primary N) is 1. The summed E-state index contributed by atoms with van der Waals surface area (Å²) < 4.78 is 25.8. The van der Waals surface area contributed by atoms with Crippen LogP contribution >= 0.6 is 22.2 Å². The Morgan fingerprint density at radius 2 is 1.97 bits per heavy atom. The number of aromatic nitrogens is 2. The fourth-order valence-corrected chi connectivity index (χ4v) is 4.94. The largest absolute Gasteiger partial charge is 0.481 e. The highest BCUT2D eigenvalue weighted by Crippen LogP contribution is 2.59. The molecule has 0 aromatic carbocycles. The van der Waals surface area contributed by atoms with E-state index < -0.39 is 26.8 Å². The van der Waals surface area contributed by atoms with Crippen LogP contribution in [-0.4, -0.2) is 48.4 Å². The molecule has 1 unspecified atom stereocenters. The maximum Gasteiger partial charge on any atom is 0.274 e. The minimum absolute atomic E-state index is 0.0676. The van der Waals surface area contributed by atoms with Crippen LogP contribution in [0.3, 0.4) is 0 Å². The molecule has 0 spiro atoms. The van der Waals surface area contributed by atoms with E-state index in [9.17, 15) is 13.9 Å². The standard InChI is InChI=1S/C19H24ClN5O4S/c1-18(2)17(21)25-19(3,10-30(18,27)28)13-7-12(9-23-16(13)29-4)24-15(26)14-6-5-11(20)8-22-14/h5-9,27-28H,10H2,1-4H3,(H2,21,25)(H,24,26). The molecule has 0 aliphatic carbocycles. The van der Waals surface area contributed by atoms with Crippen molar-refractivity contribution in [3.05, 3.63) is 46.9 Å². The third kappa shape index (κ3) is 3.95. The molecule has 0 saturated heterocycles. The number of rotatable bonds is 4. The molecule has 1 aliphatic rings. The van der Waals surface area contributed by atoms with Crippen molar-refractivity contribution < 1.29 is 18.6 Å². The molecule has 3 rings (SSSR count). The molecule has 0 bridgehead atoms. The monoisotopic (exact) mass is 453 g/mol. The summed E-state index contributed by atoms with van der Waals surface area (Å²) in [4.78, 5) is 25.3. The molecule has 2 aromatic heterocycles. The van der Waals surface area contributed by atoms with Gasteiger partial charge in [-0.2, -0.15) is 10.6 Å². The van der Waals surface area contributed by atoms with E-state index in [-0.39, 0.29) is 23.2 Å². The van der Waals surface area contributed by atoms with E-state index in [1.54, 1.807) is 32.9 Å². The van der Waals surface area contributed by atoms with Gasteiger partial charge in [0.1, 0.15) is 21.8 Å². The van der Waals surface area contributed by atoms with E-state index in [1.807, 2.05) is 0 Å². The van der Waals surface area contributed by atoms with Crippen molar-refractivity contribution in [2.24, 2.45) is 10.7 Å². The summed E-state index contributed by atoms with van der Waals surface area (Å²) in [6.07, 6.45) is 2.80. The molecular formula is C19H24ClN5O4S. The van der Waals surface area contributed by atoms with Crippen LogP contribution in [0.5, 0.6) is 5.88 Å². The maximum absolute atomic E-state index is 12.5. The van der Waals surface area contributed by atoms with Crippen LogP contribution in [-0.2, 0) is 5.54 Å². The topological polar surface area (TPSA) is 143 Å². The lowest BCUT2D eigenvalue weighted by molar-refractivity contribution is 0.102. The molecule has 9 nitrogen and oxygen atoms in total. The molecule has 0 saturated carbocycles. The van der Waals surface area contributed by atoms with Gasteiger partial charge in [0.2, 0.25) is 5.88 Å². The van der Waals surface area contributed by atoms with Gasteiger partial charge in [-0.05, 0) is 39.0 Å². The summed E-state index contributed by atoms with van der Waals surface area (Å²) in [7, 11) is -1.68. The Morgan fingerprint density at radius 3 is 2.53 bits per heavy atom. The van der Waals surface area contributed by atoms with E-state index in [2.05, 4.69) is 20.3 Å². The van der Waals surface area contributed by atoms with Gasteiger partial charge in [-0.25, -0.2) is 9.97 Å². The lowest BCUT2D eigenvalue weighted by Crippen LogP contribution is -2.52. The Kier molecular flexibility index (Phi) is 5.72. The zero-order valence-electron chi connectivity index (χ0n) is 17.0. The van der Waals surface area contributed by atoms with E-state index >= 15 is 0 Å². The number of methoxy groups -OCH3 is 1. The van der Waals surface area contributed by atoms with E-state index in [0.717, 1.165) is 0 Å². The second-order valence-electron chi connectivity index (χ2n) is 7.69. The lowest BCUT2D eigenvalue weighted by Gasteiger charge is -2.53. The number of carbonyl (C=O) groups excluding carboxylic acids is 1. The predicted molar refractivity (Wildman–Crippen MR) is 119 cm³/mol. The molecule has 5 N–H and O–H groups in total. The van der Waals surface area contributed by atoms with Gasteiger partial charge in [-0.15, -0.1) is 0 Å². The number of amides is 1. The van der Waals surface area contributed by atoms with Crippen molar-refractivity contribution in [3.8, 4) is 5.88 Å². The van der Waals surface area contributed by atoms with Crippen molar-refractivity contribution in [2.45, 2.75) is 31.1 Å². The number of halogens is 1. The van der Waals surface area contributed by atoms with E-state index in [0.29, 0.717) is 16.3 Å². The van der Waals surface area contributed by atoms with Gasteiger partial charge >= 0.3 is 0 Å². The zero-order chi connectivity index (χ0) is 22.3. The third-order valence-electron chi connectivity index (χ3n) is 5.13. The first kappa shape index (κ1) is 22.3. The van der Waals surface area contributed by atoms with Crippen LogP contribution in [0.15, 0.2) is 35.6 Å². The first-order valence-corrected chi connectivity index (χ1v) is 11.1. The summed E-state index contributed by atoms with van der Waals surface area (Å²) >= 11 is 5.81. The van der Waals surface area contributed by atoms with E-state index in [1.165, 1.54) is 25.6 Å². The zero-order valence-corrected chi connectivity index (χ0v) is 18.6. The molecule has 0 radical (unpaired) electrons. The Bertz CT molecular complexity index is 1010. The number of hydrogen-bond acceptors (Lipinski definition) is 8. The van der Waals surface area contributed by atoms with Crippen molar-refractivity contribution in [2.75, 3.05) is 18.2 Å². The normalized spacial score (nSPS) is 23.2. The summed E-state index contributed by atoms with van der Waals surface area (Å²) in [5.41, 5.74) is 5.99. The van der Waals surface area contributed by atoms with Gasteiger partial charge in [0, 0.05) is 11.8 Å². The van der Waals surface area contributed by atoms with Crippen LogP contribution in [0.2, 0.25) is 5.02 Å². The van der Waals surface area contributed by atoms with Gasteiger partial charge in [-0.3, -0.25) is 18.9 Å². The first-order chi connectivity index (χ1) is 13.9. The SMILES string of the molecule is COc1ncc(NC(=O)c2ccc(Cl)cn2)cc1C1(C)CS(O)(O)C(C)(C)C(N)=N1. The highest BCUT2D eigenvalue weighted by atomic mass is 35.5. The summed E-state index contributed by atoms with van der Waals surface area (Å²) in [5, 5.41) is 3.13. The molecule has 30 heavy (non-hydrogen) atoms. The summed E-state index contributed by atoms with van der Waals surface area (Å²) in [6, 6.07) is 4.69. The van der Waals surface area contributed by atoms with Gasteiger partial charge in [-0.1, -0.05) is 11.6 Å². The predicted octanol–water partition coefficient (Wildman–Crippen LogP) is 3.51. The molecular weight excluding hydrogens is 430 g/mol. The molecule has 2 aromatic rings. The van der Waals surface area contributed by atoms with Crippen LogP contribution in [0.4, 0.5) is 5.69 Å². The fraction of sp³-hybridized carbons (Fsp3) is 0.368. The number of hydrogen-bond donors (Lipinski definition) is 4. The Morgan fingerprint density at radius 1 is 1.27 bits per heavy atom. The smallest absolute Gasteiger partial charge is 0.274 e. The molecule has 1 aliphatic heterocycles. The van der Waals surface area contributed by atoms with E-state index in [4.69, 9.17) is 22.1 Å². The number of nitrogens with one attached hydrogen (secondary N) is 1. The van der Waals surface area contributed by atoms with Crippen LogP contribution in [0.1, 0.15) is 36.8 Å². The molecule has 3 heterocycles. The van der Waals surface area contributed by atoms with Crippen molar-refractivity contribution >= 4 is 39.6 Å². The van der Waals surface area contributed by atoms with Crippen LogP contribution in [0, 0.1) is 0 Å². The Balaban J connectivity index is 2.00. The van der Waals surface area contributed by atoms with Crippen molar-refractivity contribution in [1.29, 1.82) is 0 Å². The molecule has 0 fully saturated rings. The number of anilines is 1. The number of carbonyl (C=O) groups is 1. The van der Waals surface area contributed by atoms with Gasteiger partial charge in [0.25, 0.3) is 5.91 Å². The van der Waals surface area contributed by atoms with Crippen LogP contribution < -0.4 is 15.8 Å². The quantitative estimate of drug-likeness (QED) is 0.554. The molecule has 162 valence electrons. The van der Waals surface area contributed by atoms with Crippen LogP contribution in [0.25, 0.3) is 0 Å². The second-order valence-corrected chi connectivity index (χ2v) is 10.8. The highest BCUT2D eigenvalue weighted by Gasteiger charge is 2.49. The molecule has 1 atom stereocenters. The third-order valence-corrected chi connectivity index (χ3v) is 8.16. The van der Waals surface area contributed by atoms with Crippen molar-refractivity contribution in [3.63, 3.8) is 0 Å². The molecule has 1 amide bonds. The van der Waals surface area contributed by atoms with Gasteiger partial charge in [0.05, 0.1) is 29.8 Å². The van der Waals surface area contributed by atoms with Crippen molar-refractivity contribution in [1.82, 2.24) is 9.97 Å².